The van der Waals surface area contributed by atoms with E-state index in [-0.39, 0.29) is 0 Å². The zero-order chi connectivity index (χ0) is 19.1. The molecule has 0 radical (unpaired) electrons. The number of hydrogen-bond acceptors (Lipinski definition) is 1. The third-order valence-electron chi connectivity index (χ3n) is 4.98. The lowest BCUT2D eigenvalue weighted by molar-refractivity contribution is 0.330. The maximum Gasteiger partial charge on any atom is 0.0973 e. The molecule has 27 heavy (non-hydrogen) atoms. The fourth-order valence-electron chi connectivity index (χ4n) is 3.42. The molecule has 0 aliphatic carbocycles. The Hall–Kier alpha value is -2.48. The topological polar surface area (TPSA) is 12.9 Å². The largest absolute Gasteiger partial charge is 0.256 e. The minimum Gasteiger partial charge on any atom is -0.256 e. The molecule has 1 heterocycles. The van der Waals surface area contributed by atoms with Gasteiger partial charge in [-0.15, -0.1) is 6.58 Å². The van der Waals surface area contributed by atoms with Gasteiger partial charge in [0.25, 0.3) is 0 Å². The monoisotopic (exact) mass is 361 g/mol. The van der Waals surface area contributed by atoms with Crippen LogP contribution in [-0.4, -0.2) is 11.2 Å². The Bertz CT molecular complexity index is 880. The lowest BCUT2D eigenvalue weighted by Gasteiger charge is -2.07. The Balaban J connectivity index is 1.64. The highest BCUT2D eigenvalue weighted by atomic mass is 19.1. The maximum absolute atomic E-state index is 12.8. The fourth-order valence-corrected chi connectivity index (χ4v) is 3.42. The van der Waals surface area contributed by atoms with Crippen molar-refractivity contribution in [2.45, 2.75) is 51.6 Å². The third kappa shape index (κ3) is 5.50. The van der Waals surface area contributed by atoms with E-state index in [9.17, 15) is 4.39 Å². The number of fused-ring (bicyclic) bond motifs is 1. The highest BCUT2D eigenvalue weighted by Crippen LogP contribution is 2.24. The molecule has 2 heteroatoms. The van der Waals surface area contributed by atoms with E-state index in [0.29, 0.717) is 6.42 Å². The summed E-state index contributed by atoms with van der Waals surface area (Å²) in [6.07, 6.45) is 9.01. The summed E-state index contributed by atoms with van der Waals surface area (Å²) in [5.41, 5.74) is 4.74. The first-order valence-electron chi connectivity index (χ1n) is 9.88. The number of allylic oxidation sites excluding steroid dienone is 1. The van der Waals surface area contributed by atoms with Gasteiger partial charge in [0.1, 0.15) is 0 Å². The summed E-state index contributed by atoms with van der Waals surface area (Å²) in [5, 5.41) is 2.37. The smallest absolute Gasteiger partial charge is 0.0973 e. The van der Waals surface area contributed by atoms with Crippen LogP contribution in [0, 0.1) is 0 Å². The van der Waals surface area contributed by atoms with Crippen LogP contribution in [-0.2, 0) is 12.8 Å². The van der Waals surface area contributed by atoms with Gasteiger partial charge in [-0.25, -0.2) is 4.39 Å². The standard InChI is InChI=1S/C25H28FN/c1-3-7-21-12-15-23-17-25(27-18-24(23)16-21)22-13-10-20(11-14-22)9-6-4-5-8-19(2)26/h3,10-19H,1,4-9H2,2H3. The van der Waals surface area contributed by atoms with Gasteiger partial charge in [-0.1, -0.05) is 55.3 Å². The third-order valence-corrected chi connectivity index (χ3v) is 4.98. The molecule has 1 aromatic heterocycles. The molecule has 0 amide bonds. The fraction of sp³-hybridized carbons (Fsp3) is 0.320. The van der Waals surface area contributed by atoms with Crippen molar-refractivity contribution in [3.05, 3.63) is 78.5 Å². The molecule has 0 aliphatic heterocycles. The Morgan fingerprint density at radius 2 is 1.74 bits per heavy atom. The van der Waals surface area contributed by atoms with Crippen molar-refractivity contribution in [1.82, 2.24) is 4.98 Å². The normalized spacial score (nSPS) is 12.2. The predicted molar refractivity (Wildman–Crippen MR) is 114 cm³/mol. The van der Waals surface area contributed by atoms with Crippen molar-refractivity contribution in [2.24, 2.45) is 0 Å². The number of unbranched alkanes of at least 4 members (excludes halogenated alkanes) is 2. The summed E-state index contributed by atoms with van der Waals surface area (Å²) in [6.45, 7) is 5.44. The molecule has 0 bridgehead atoms. The van der Waals surface area contributed by atoms with E-state index >= 15 is 0 Å². The second-order valence-corrected chi connectivity index (χ2v) is 7.32. The summed E-state index contributed by atoms with van der Waals surface area (Å²) >= 11 is 0. The summed E-state index contributed by atoms with van der Waals surface area (Å²) in [4.78, 5) is 4.65. The van der Waals surface area contributed by atoms with Crippen LogP contribution < -0.4 is 0 Å². The molecule has 0 saturated heterocycles. The van der Waals surface area contributed by atoms with Crippen molar-refractivity contribution < 1.29 is 4.39 Å². The number of aromatic nitrogens is 1. The zero-order valence-corrected chi connectivity index (χ0v) is 16.1. The molecule has 0 saturated carbocycles. The van der Waals surface area contributed by atoms with Gasteiger partial charge in [0.15, 0.2) is 0 Å². The zero-order valence-electron chi connectivity index (χ0n) is 16.1. The molecule has 0 N–H and O–H groups in total. The first kappa shape index (κ1) is 19.3. The van der Waals surface area contributed by atoms with Crippen LogP contribution in [0.1, 0.15) is 43.7 Å². The number of rotatable bonds is 9. The molecule has 3 rings (SSSR count). The van der Waals surface area contributed by atoms with Crippen LogP contribution in [0.15, 0.2) is 67.4 Å². The molecule has 0 fully saturated rings. The van der Waals surface area contributed by atoms with Gasteiger partial charge < -0.3 is 0 Å². The molecular weight excluding hydrogens is 333 g/mol. The van der Waals surface area contributed by atoms with E-state index in [1.54, 1.807) is 6.92 Å². The van der Waals surface area contributed by atoms with E-state index in [4.69, 9.17) is 0 Å². The van der Waals surface area contributed by atoms with Gasteiger partial charge in [0.05, 0.1) is 11.9 Å². The van der Waals surface area contributed by atoms with Crippen LogP contribution in [0.3, 0.4) is 0 Å². The Labute approximate surface area is 162 Å². The van der Waals surface area contributed by atoms with E-state index < -0.39 is 6.17 Å². The second-order valence-electron chi connectivity index (χ2n) is 7.32. The van der Waals surface area contributed by atoms with Gasteiger partial charge in [-0.3, -0.25) is 4.98 Å². The highest BCUT2D eigenvalue weighted by Gasteiger charge is 2.04. The molecule has 140 valence electrons. The first-order valence-corrected chi connectivity index (χ1v) is 9.88. The van der Waals surface area contributed by atoms with Gasteiger partial charge in [-0.2, -0.15) is 0 Å². The molecular formula is C25H28FN. The number of benzene rings is 2. The van der Waals surface area contributed by atoms with E-state index in [2.05, 4.69) is 60.1 Å². The number of nitrogens with zero attached hydrogens (tertiary/aromatic N) is 1. The van der Waals surface area contributed by atoms with Crippen LogP contribution >= 0.6 is 0 Å². The van der Waals surface area contributed by atoms with Gasteiger partial charge in [0.2, 0.25) is 0 Å². The average molecular weight is 362 g/mol. The SMILES string of the molecule is C=CCc1ccc2cc(-c3ccc(CCCCCC(C)F)cc3)ncc2c1. The molecule has 3 aromatic rings. The molecule has 0 aliphatic rings. The molecule has 1 nitrogen and oxygen atoms in total. The number of halogens is 1. The number of hydrogen-bond donors (Lipinski definition) is 0. The van der Waals surface area contributed by atoms with Crippen LogP contribution in [0.2, 0.25) is 0 Å². The Morgan fingerprint density at radius 1 is 0.963 bits per heavy atom. The lowest BCUT2D eigenvalue weighted by atomic mass is 10.0. The van der Waals surface area contributed by atoms with Crippen LogP contribution in [0.5, 0.6) is 0 Å². The van der Waals surface area contributed by atoms with Crippen LogP contribution in [0.25, 0.3) is 22.0 Å². The van der Waals surface area contributed by atoms with Gasteiger partial charge in [0, 0.05) is 17.1 Å². The highest BCUT2D eigenvalue weighted by molar-refractivity contribution is 5.85. The van der Waals surface area contributed by atoms with Crippen molar-refractivity contribution in [1.29, 1.82) is 0 Å². The van der Waals surface area contributed by atoms with Crippen molar-refractivity contribution >= 4 is 10.8 Å². The summed E-state index contributed by atoms with van der Waals surface area (Å²) in [6, 6.07) is 17.3. The minimum absolute atomic E-state index is 0.674. The van der Waals surface area contributed by atoms with E-state index in [0.717, 1.165) is 48.7 Å². The summed E-state index contributed by atoms with van der Waals surface area (Å²) < 4.78 is 12.8. The Morgan fingerprint density at radius 3 is 2.48 bits per heavy atom. The predicted octanol–water partition coefficient (Wildman–Crippen LogP) is 7.09. The molecule has 2 aromatic carbocycles. The molecule has 0 spiro atoms. The molecule has 1 unspecified atom stereocenters. The van der Waals surface area contributed by atoms with Gasteiger partial charge in [-0.05, 0) is 61.3 Å². The van der Waals surface area contributed by atoms with E-state index in [1.807, 2.05) is 12.3 Å². The van der Waals surface area contributed by atoms with Crippen molar-refractivity contribution in [3.63, 3.8) is 0 Å². The van der Waals surface area contributed by atoms with Crippen LogP contribution in [0.4, 0.5) is 4.39 Å². The maximum atomic E-state index is 12.8. The first-order chi connectivity index (χ1) is 13.2. The summed E-state index contributed by atoms with van der Waals surface area (Å²) in [5.74, 6) is 0. The summed E-state index contributed by atoms with van der Waals surface area (Å²) in [7, 11) is 0. The molecule has 1 atom stereocenters. The lowest BCUT2D eigenvalue weighted by Crippen LogP contribution is -1.93. The number of aryl methyl sites for hydroxylation is 1. The minimum atomic E-state index is -0.674. The number of pyridine rings is 1. The average Bonchev–Trinajstić information content (AvgIpc) is 2.68. The van der Waals surface area contributed by atoms with Crippen molar-refractivity contribution in [3.8, 4) is 11.3 Å². The second kappa shape index (κ2) is 9.45. The van der Waals surface area contributed by atoms with E-state index in [1.165, 1.54) is 16.5 Å². The van der Waals surface area contributed by atoms with Crippen molar-refractivity contribution in [2.75, 3.05) is 0 Å². The number of alkyl halides is 1. The van der Waals surface area contributed by atoms with Gasteiger partial charge >= 0.3 is 0 Å². The Kier molecular flexibility index (Phi) is 6.75. The quantitative estimate of drug-likeness (QED) is 0.293.